The molecule has 7 nitrogen and oxygen atoms in total. The van der Waals surface area contributed by atoms with Gasteiger partial charge >= 0.3 is 0 Å². The van der Waals surface area contributed by atoms with Gasteiger partial charge in [0.25, 0.3) is 5.91 Å². The van der Waals surface area contributed by atoms with Crippen LogP contribution in [0.15, 0.2) is 72.8 Å². The molecule has 2 saturated heterocycles. The van der Waals surface area contributed by atoms with Gasteiger partial charge in [0, 0.05) is 0 Å². The van der Waals surface area contributed by atoms with Crippen molar-refractivity contribution in [3.63, 3.8) is 0 Å². The van der Waals surface area contributed by atoms with Gasteiger partial charge < -0.3 is 9.47 Å². The number of fused-ring (bicyclic) bond motifs is 1. The van der Waals surface area contributed by atoms with Gasteiger partial charge in [0.05, 0.1) is 31.1 Å². The van der Waals surface area contributed by atoms with Crippen LogP contribution in [-0.2, 0) is 14.4 Å². The summed E-state index contributed by atoms with van der Waals surface area (Å²) in [4.78, 5) is 34.9. The molecule has 0 aromatic heterocycles. The quantitative estimate of drug-likeness (QED) is 0.321. The van der Waals surface area contributed by atoms with E-state index in [9.17, 15) is 9.59 Å². The summed E-state index contributed by atoms with van der Waals surface area (Å²) in [6.45, 7) is 4.59. The fourth-order valence-corrected chi connectivity index (χ4v) is 4.92. The van der Waals surface area contributed by atoms with Crippen molar-refractivity contribution < 1.29 is 23.9 Å². The van der Waals surface area contributed by atoms with E-state index in [4.69, 9.17) is 14.3 Å². The maximum atomic E-state index is 13.8. The molecule has 36 heavy (non-hydrogen) atoms. The third-order valence-corrected chi connectivity index (χ3v) is 6.77. The number of imide groups is 1. The monoisotopic (exact) mass is 486 g/mol. The molecule has 2 aliphatic rings. The standard InChI is InChI=1S/C29H30N2O5/c1-4-5-17-35-23-16-15-20(18-24(23)34-3)26-25-27(36-31(26)21-12-7-6-8-13-21)29(33)30(28(25)32)22-14-10-9-11-19(22)2/h6-16,18,25-27H,4-5,17H2,1-3H3/t25-,26+,27-/m1/s1. The predicted octanol–water partition coefficient (Wildman–Crippen LogP) is 5.23. The molecule has 186 valence electrons. The normalized spacial score (nSPS) is 21.1. The third-order valence-electron chi connectivity index (χ3n) is 6.77. The number of hydrogen-bond donors (Lipinski definition) is 0. The summed E-state index contributed by atoms with van der Waals surface area (Å²) in [6.07, 6.45) is 1.05. The number of methoxy groups -OCH3 is 1. The van der Waals surface area contributed by atoms with Crippen LogP contribution in [0.1, 0.15) is 36.9 Å². The molecule has 2 aliphatic heterocycles. The van der Waals surface area contributed by atoms with Crippen LogP contribution in [0.2, 0.25) is 0 Å². The molecule has 0 spiro atoms. The molecule has 0 unspecified atom stereocenters. The van der Waals surface area contributed by atoms with E-state index in [0.29, 0.717) is 23.8 Å². The molecular formula is C29H30N2O5. The SMILES string of the molecule is CCCCOc1ccc([C@H]2[C@H]3C(=O)N(c4ccccc4C)C(=O)[C@@H]3ON2c2ccccc2)cc1OC. The third kappa shape index (κ3) is 4.09. The zero-order valence-corrected chi connectivity index (χ0v) is 20.7. The summed E-state index contributed by atoms with van der Waals surface area (Å²) in [6, 6.07) is 22.1. The number of unbranched alkanes of at least 4 members (excludes halogenated alkanes) is 1. The Bertz CT molecular complexity index is 1260. The number of benzene rings is 3. The number of carbonyl (C=O) groups excluding carboxylic acids is 2. The molecular weight excluding hydrogens is 456 g/mol. The van der Waals surface area contributed by atoms with Gasteiger partial charge in [0.2, 0.25) is 5.91 Å². The molecule has 7 heteroatoms. The Kier molecular flexibility index (Phi) is 6.65. The van der Waals surface area contributed by atoms with E-state index in [-0.39, 0.29) is 11.8 Å². The van der Waals surface area contributed by atoms with E-state index >= 15 is 0 Å². The number of hydrogen-bond acceptors (Lipinski definition) is 6. The number of carbonyl (C=O) groups is 2. The number of nitrogens with zero attached hydrogens (tertiary/aromatic N) is 2. The number of rotatable bonds is 8. The van der Waals surface area contributed by atoms with Gasteiger partial charge in [0.15, 0.2) is 17.6 Å². The largest absolute Gasteiger partial charge is 0.493 e. The Balaban J connectivity index is 1.56. The number of hydroxylamine groups is 1. The Hall–Kier alpha value is -3.84. The van der Waals surface area contributed by atoms with Gasteiger partial charge in [0.1, 0.15) is 5.92 Å². The van der Waals surface area contributed by atoms with Crippen molar-refractivity contribution in [2.24, 2.45) is 5.92 Å². The van der Waals surface area contributed by atoms with Gasteiger partial charge in [-0.1, -0.05) is 55.8 Å². The zero-order chi connectivity index (χ0) is 25.2. The topological polar surface area (TPSA) is 68.3 Å². The maximum Gasteiger partial charge on any atom is 0.266 e. The molecule has 2 fully saturated rings. The lowest BCUT2D eigenvalue weighted by atomic mass is 9.90. The fraction of sp³-hybridized carbons (Fsp3) is 0.310. The smallest absolute Gasteiger partial charge is 0.266 e. The highest BCUT2D eigenvalue weighted by Crippen LogP contribution is 2.49. The van der Waals surface area contributed by atoms with Crippen molar-refractivity contribution >= 4 is 23.2 Å². The highest BCUT2D eigenvalue weighted by Gasteiger charge is 2.60. The Morgan fingerprint density at radius 2 is 1.67 bits per heavy atom. The molecule has 5 rings (SSSR count). The fourth-order valence-electron chi connectivity index (χ4n) is 4.92. The van der Waals surface area contributed by atoms with Crippen molar-refractivity contribution in [1.29, 1.82) is 0 Å². The van der Waals surface area contributed by atoms with Gasteiger partial charge in [-0.3, -0.25) is 14.4 Å². The van der Waals surface area contributed by atoms with Crippen molar-refractivity contribution in [3.05, 3.63) is 83.9 Å². The predicted molar refractivity (Wildman–Crippen MR) is 137 cm³/mol. The first-order chi connectivity index (χ1) is 17.5. The lowest BCUT2D eigenvalue weighted by Gasteiger charge is -2.29. The minimum Gasteiger partial charge on any atom is -0.493 e. The molecule has 3 aromatic carbocycles. The van der Waals surface area contributed by atoms with Gasteiger partial charge in [-0.05, 0) is 54.8 Å². The lowest BCUT2D eigenvalue weighted by Crippen LogP contribution is -2.37. The van der Waals surface area contributed by atoms with Crippen LogP contribution in [0.25, 0.3) is 0 Å². The molecule has 0 saturated carbocycles. The van der Waals surface area contributed by atoms with Crippen LogP contribution < -0.4 is 19.4 Å². The minimum absolute atomic E-state index is 0.273. The van der Waals surface area contributed by atoms with Gasteiger partial charge in [-0.2, -0.15) is 0 Å². The summed E-state index contributed by atoms with van der Waals surface area (Å²) in [7, 11) is 1.60. The summed E-state index contributed by atoms with van der Waals surface area (Å²) < 4.78 is 11.5. The molecule has 2 amide bonds. The van der Waals surface area contributed by atoms with Crippen molar-refractivity contribution in [1.82, 2.24) is 0 Å². The second-order valence-electron chi connectivity index (χ2n) is 9.07. The van der Waals surface area contributed by atoms with E-state index in [1.54, 1.807) is 18.2 Å². The van der Waals surface area contributed by atoms with E-state index < -0.39 is 18.1 Å². The van der Waals surface area contributed by atoms with Crippen LogP contribution in [0, 0.1) is 12.8 Å². The molecule has 2 heterocycles. The van der Waals surface area contributed by atoms with E-state index in [1.807, 2.05) is 73.7 Å². The van der Waals surface area contributed by atoms with Gasteiger partial charge in [-0.15, -0.1) is 0 Å². The first kappa shape index (κ1) is 23.9. The highest BCUT2D eigenvalue weighted by atomic mass is 16.7. The molecule has 0 bridgehead atoms. The molecule has 3 aromatic rings. The minimum atomic E-state index is -0.922. The zero-order valence-electron chi connectivity index (χ0n) is 20.7. The average molecular weight is 487 g/mol. The van der Waals surface area contributed by atoms with Crippen LogP contribution in [0.3, 0.4) is 0 Å². The van der Waals surface area contributed by atoms with Crippen LogP contribution >= 0.6 is 0 Å². The van der Waals surface area contributed by atoms with Crippen LogP contribution in [0.5, 0.6) is 11.5 Å². The van der Waals surface area contributed by atoms with Crippen molar-refractivity contribution in [3.8, 4) is 11.5 Å². The summed E-state index contributed by atoms with van der Waals surface area (Å²) >= 11 is 0. The number of para-hydroxylation sites is 2. The van der Waals surface area contributed by atoms with Crippen LogP contribution in [0.4, 0.5) is 11.4 Å². The summed E-state index contributed by atoms with van der Waals surface area (Å²) in [5.74, 6) is -0.118. The van der Waals surface area contributed by atoms with Crippen LogP contribution in [-0.4, -0.2) is 31.6 Å². The second-order valence-corrected chi connectivity index (χ2v) is 9.07. The number of ether oxygens (including phenoxy) is 2. The summed E-state index contributed by atoms with van der Waals surface area (Å²) in [5.41, 5.74) is 3.01. The average Bonchev–Trinajstić information content (AvgIpc) is 3.41. The summed E-state index contributed by atoms with van der Waals surface area (Å²) in [5, 5.41) is 1.69. The number of anilines is 2. The first-order valence-corrected chi connectivity index (χ1v) is 12.3. The number of amides is 2. The molecule has 3 atom stereocenters. The van der Waals surface area contributed by atoms with E-state index in [1.165, 1.54) is 4.90 Å². The highest BCUT2D eigenvalue weighted by molar-refractivity contribution is 6.24. The maximum absolute atomic E-state index is 13.8. The Morgan fingerprint density at radius 3 is 2.39 bits per heavy atom. The van der Waals surface area contributed by atoms with Gasteiger partial charge in [-0.25, -0.2) is 9.96 Å². The van der Waals surface area contributed by atoms with E-state index in [0.717, 1.165) is 29.7 Å². The molecule has 0 radical (unpaired) electrons. The van der Waals surface area contributed by atoms with E-state index in [2.05, 4.69) is 6.92 Å². The van der Waals surface area contributed by atoms with Crippen molar-refractivity contribution in [2.75, 3.05) is 23.7 Å². The Morgan fingerprint density at radius 1 is 0.917 bits per heavy atom. The second kappa shape index (κ2) is 10.0. The first-order valence-electron chi connectivity index (χ1n) is 12.3. The molecule has 0 aliphatic carbocycles. The Labute approximate surface area is 211 Å². The number of aryl methyl sites for hydroxylation is 1. The lowest BCUT2D eigenvalue weighted by molar-refractivity contribution is -0.126. The molecule has 0 N–H and O–H groups in total. The van der Waals surface area contributed by atoms with Crippen molar-refractivity contribution in [2.45, 2.75) is 38.8 Å².